The molecule has 0 aliphatic heterocycles. The van der Waals surface area contributed by atoms with E-state index in [0.29, 0.717) is 0 Å². The highest BCUT2D eigenvalue weighted by Gasteiger charge is 2.78. The van der Waals surface area contributed by atoms with Crippen molar-refractivity contribution in [2.24, 2.45) is 0 Å². The van der Waals surface area contributed by atoms with Crippen LogP contribution in [0.1, 0.15) is 11.3 Å². The summed E-state index contributed by atoms with van der Waals surface area (Å²) in [5.41, 5.74) is -22.3. The zero-order valence-corrected chi connectivity index (χ0v) is 12.4. The van der Waals surface area contributed by atoms with Crippen LogP contribution >= 0.6 is 0 Å². The average molecular weight is 469 g/mol. The normalized spacial score (nSPS) is 15.1. The van der Waals surface area contributed by atoms with Crippen molar-refractivity contribution in [3.05, 3.63) is 28.8 Å². The molecule has 1 nitrogen and oxygen atoms in total. The molecule has 0 aliphatic carbocycles. The molecule has 0 bridgehead atoms. The second-order valence-electron chi connectivity index (χ2n) is 5.06. The molecule has 0 fully saturated rings. The first-order valence-corrected chi connectivity index (χ1v) is 6.16. The Hall–Kier alpha value is -2.04. The molecular weight excluding hydrogens is 469 g/mol. The summed E-state index contributed by atoms with van der Waals surface area (Å²) < 4.78 is 218. The average Bonchev–Trinajstić information content (AvgIpc) is 2.45. The molecule has 1 aromatic heterocycles. The van der Waals surface area contributed by atoms with Gasteiger partial charge in [-0.1, -0.05) is 0 Å². The van der Waals surface area contributed by atoms with Gasteiger partial charge >= 0.3 is 36.0 Å². The van der Waals surface area contributed by atoms with Crippen LogP contribution in [0.15, 0.2) is 0 Å². The van der Waals surface area contributed by atoms with E-state index in [1.165, 1.54) is 0 Å². The van der Waals surface area contributed by atoms with E-state index in [4.69, 9.17) is 0 Å². The fourth-order valence-corrected chi connectivity index (χ4v) is 1.90. The van der Waals surface area contributed by atoms with Crippen LogP contribution in [0, 0.1) is 17.6 Å². The van der Waals surface area contributed by atoms with Gasteiger partial charge in [0.1, 0.15) is 11.3 Å². The third kappa shape index (κ3) is 3.43. The van der Waals surface area contributed by atoms with Gasteiger partial charge in [0.15, 0.2) is 11.6 Å². The fourth-order valence-electron chi connectivity index (χ4n) is 1.90. The highest BCUT2D eigenvalue weighted by Crippen LogP contribution is 2.57. The number of halogens is 17. The Kier molecular flexibility index (Phi) is 5.59. The van der Waals surface area contributed by atoms with Crippen LogP contribution in [0.2, 0.25) is 0 Å². The topological polar surface area (TPSA) is 12.9 Å². The van der Waals surface area contributed by atoms with Gasteiger partial charge < -0.3 is 0 Å². The summed E-state index contributed by atoms with van der Waals surface area (Å²) in [6.45, 7) is 0. The number of pyridine rings is 1. The summed E-state index contributed by atoms with van der Waals surface area (Å²) in [4.78, 5) is 1.09. The molecular formula is C11F17N. The first kappa shape index (κ1) is 25.0. The minimum atomic E-state index is -7.36. The monoisotopic (exact) mass is 469 g/mol. The van der Waals surface area contributed by atoms with Gasteiger partial charge in [0.05, 0.1) is 0 Å². The molecule has 0 atom stereocenters. The van der Waals surface area contributed by atoms with Crippen LogP contribution < -0.4 is 0 Å². The van der Waals surface area contributed by atoms with Crippen LogP contribution in [-0.2, 0) is 11.3 Å². The van der Waals surface area contributed by atoms with Crippen LogP contribution in [0.5, 0.6) is 0 Å². The van der Waals surface area contributed by atoms with Gasteiger partial charge in [-0.15, -0.1) is 0 Å². The van der Waals surface area contributed by atoms with Crippen LogP contribution in [0.3, 0.4) is 0 Å². The van der Waals surface area contributed by atoms with Crippen LogP contribution in [0.4, 0.5) is 74.6 Å². The zero-order chi connectivity index (χ0) is 23.6. The molecule has 0 radical (unpaired) electrons. The summed E-state index contributed by atoms with van der Waals surface area (Å²) in [7, 11) is 0. The molecule has 0 aliphatic rings. The van der Waals surface area contributed by atoms with Crippen LogP contribution in [0.25, 0.3) is 0 Å². The predicted octanol–water partition coefficient (Wildman–Crippen LogP) is 6.08. The molecule has 168 valence electrons. The fraction of sp³-hybridized carbons (Fsp3) is 0.545. The summed E-state index contributed by atoms with van der Waals surface area (Å²) >= 11 is 0. The number of aromatic nitrogens is 1. The van der Waals surface area contributed by atoms with Crippen molar-refractivity contribution in [1.29, 1.82) is 0 Å². The van der Waals surface area contributed by atoms with Gasteiger partial charge in [0.2, 0.25) is 5.95 Å². The third-order valence-electron chi connectivity index (χ3n) is 3.27. The van der Waals surface area contributed by atoms with Crippen molar-refractivity contribution < 1.29 is 74.6 Å². The van der Waals surface area contributed by atoms with Gasteiger partial charge in [-0.2, -0.15) is 57.1 Å². The molecule has 0 spiro atoms. The third-order valence-corrected chi connectivity index (χ3v) is 3.27. The first-order valence-electron chi connectivity index (χ1n) is 6.16. The van der Waals surface area contributed by atoms with E-state index in [2.05, 4.69) is 0 Å². The van der Waals surface area contributed by atoms with Crippen molar-refractivity contribution in [2.45, 2.75) is 36.0 Å². The van der Waals surface area contributed by atoms with E-state index in [1.807, 2.05) is 0 Å². The molecule has 29 heavy (non-hydrogen) atoms. The van der Waals surface area contributed by atoms with E-state index < -0.39 is 64.9 Å². The summed E-state index contributed by atoms with van der Waals surface area (Å²) in [6, 6.07) is 0. The van der Waals surface area contributed by atoms with Gasteiger partial charge in [0.25, 0.3) is 0 Å². The van der Waals surface area contributed by atoms with Gasteiger partial charge in [-0.05, 0) is 0 Å². The largest absolute Gasteiger partial charge is 0.437 e. The first-order chi connectivity index (χ1) is 12.5. The molecule has 0 N–H and O–H groups in total. The molecule has 0 aromatic carbocycles. The molecule has 1 aromatic rings. The highest BCUT2D eigenvalue weighted by atomic mass is 19.4. The Morgan fingerprint density at radius 1 is 0.448 bits per heavy atom. The van der Waals surface area contributed by atoms with Crippen molar-refractivity contribution in [3.63, 3.8) is 0 Å². The Labute approximate surface area is 146 Å². The van der Waals surface area contributed by atoms with E-state index in [9.17, 15) is 74.6 Å². The summed E-state index contributed by atoms with van der Waals surface area (Å²) in [5, 5.41) is 0. The molecule has 0 amide bonds. The second kappa shape index (κ2) is 6.48. The summed E-state index contributed by atoms with van der Waals surface area (Å²) in [5.74, 6) is -12.2. The Morgan fingerprint density at radius 3 is 1.03 bits per heavy atom. The van der Waals surface area contributed by atoms with E-state index in [1.54, 1.807) is 0 Å². The molecule has 1 rings (SSSR count). The smallest absolute Gasteiger partial charge is 0.218 e. The van der Waals surface area contributed by atoms with Gasteiger partial charge in [-0.3, -0.25) is 0 Å². The molecule has 0 saturated carbocycles. The SMILES string of the molecule is Fc1nc(C(F)(C(F)(F)F)C(F)(F)F)c(F)c(F)c1C(F)(C(F)(F)F)C(F)(F)F. The molecule has 0 saturated heterocycles. The lowest BCUT2D eigenvalue weighted by Crippen LogP contribution is -2.54. The minimum absolute atomic E-state index is 1.09. The molecule has 1 heterocycles. The number of rotatable bonds is 2. The Balaban J connectivity index is 4.11. The van der Waals surface area contributed by atoms with Crippen molar-refractivity contribution in [1.82, 2.24) is 4.98 Å². The molecule has 0 unspecified atom stereocenters. The van der Waals surface area contributed by atoms with Crippen molar-refractivity contribution >= 4 is 0 Å². The lowest BCUT2D eigenvalue weighted by molar-refractivity contribution is -0.353. The number of hydrogen-bond acceptors (Lipinski definition) is 1. The minimum Gasteiger partial charge on any atom is -0.218 e. The quantitative estimate of drug-likeness (QED) is 0.378. The predicted molar refractivity (Wildman–Crippen MR) is 53.9 cm³/mol. The Bertz CT molecular complexity index is 751. The maximum Gasteiger partial charge on any atom is 0.437 e. The highest BCUT2D eigenvalue weighted by molar-refractivity contribution is 5.33. The number of nitrogens with zero attached hydrogens (tertiary/aromatic N) is 1. The summed E-state index contributed by atoms with van der Waals surface area (Å²) in [6.07, 6.45) is -29.3. The number of alkyl halides is 14. The lowest BCUT2D eigenvalue weighted by atomic mass is 9.91. The zero-order valence-electron chi connectivity index (χ0n) is 12.4. The number of hydrogen-bond donors (Lipinski definition) is 0. The standard InChI is InChI=1S/C11F17N/c12-2-1(6(15,8(17,18)19)9(20,21)22)5(14)29-4(3(2)13)7(16,10(23,24)25)11(26,27)28. The molecule has 18 heteroatoms. The van der Waals surface area contributed by atoms with Gasteiger partial charge in [-0.25, -0.2) is 22.5 Å². The Morgan fingerprint density at radius 2 is 0.759 bits per heavy atom. The van der Waals surface area contributed by atoms with Gasteiger partial charge in [0, 0.05) is 0 Å². The van der Waals surface area contributed by atoms with Crippen molar-refractivity contribution in [2.75, 3.05) is 0 Å². The second-order valence-corrected chi connectivity index (χ2v) is 5.06. The maximum absolute atomic E-state index is 13.7. The van der Waals surface area contributed by atoms with E-state index in [-0.39, 0.29) is 0 Å². The van der Waals surface area contributed by atoms with Crippen LogP contribution in [-0.4, -0.2) is 29.7 Å². The maximum atomic E-state index is 13.7. The van der Waals surface area contributed by atoms with E-state index in [0.717, 1.165) is 4.98 Å². The lowest BCUT2D eigenvalue weighted by Gasteiger charge is -2.32. The van der Waals surface area contributed by atoms with Crippen molar-refractivity contribution in [3.8, 4) is 0 Å². The van der Waals surface area contributed by atoms with E-state index >= 15 is 0 Å².